The van der Waals surface area contributed by atoms with E-state index in [2.05, 4.69) is 41.3 Å². The van der Waals surface area contributed by atoms with Crippen LogP contribution in [0.4, 0.5) is 0 Å². The van der Waals surface area contributed by atoms with Gasteiger partial charge in [0, 0.05) is 17.1 Å². The van der Waals surface area contributed by atoms with Crippen LogP contribution in [0.1, 0.15) is 31.9 Å². The lowest BCUT2D eigenvalue weighted by Crippen LogP contribution is -2.19. The molecule has 1 aromatic carbocycles. The van der Waals surface area contributed by atoms with Gasteiger partial charge in [-0.15, -0.1) is 0 Å². The van der Waals surface area contributed by atoms with Crippen molar-refractivity contribution in [2.45, 2.75) is 36.2 Å². The summed E-state index contributed by atoms with van der Waals surface area (Å²) in [5, 5.41) is 5.11. The second-order valence-electron chi connectivity index (χ2n) is 4.52. The van der Waals surface area contributed by atoms with Crippen molar-refractivity contribution in [2.75, 3.05) is 6.54 Å². The van der Waals surface area contributed by atoms with Crippen LogP contribution >= 0.6 is 23.4 Å². The molecule has 0 aliphatic heterocycles. The maximum atomic E-state index is 6.37. The third-order valence-electron chi connectivity index (χ3n) is 2.93. The van der Waals surface area contributed by atoms with Crippen molar-refractivity contribution in [1.29, 1.82) is 0 Å². The number of nitrogens with zero attached hydrogens (tertiary/aromatic N) is 2. The number of hydrogen-bond donors (Lipinski definition) is 1. The highest BCUT2D eigenvalue weighted by Crippen LogP contribution is 2.33. The minimum atomic E-state index is 0.311. The van der Waals surface area contributed by atoms with Crippen LogP contribution in [0.2, 0.25) is 5.02 Å². The molecule has 0 radical (unpaired) electrons. The van der Waals surface area contributed by atoms with E-state index in [4.69, 9.17) is 11.6 Å². The van der Waals surface area contributed by atoms with E-state index in [1.807, 2.05) is 12.1 Å². The molecule has 1 unspecified atom stereocenters. The van der Waals surface area contributed by atoms with Gasteiger partial charge >= 0.3 is 0 Å². The molecule has 20 heavy (non-hydrogen) atoms. The van der Waals surface area contributed by atoms with E-state index in [9.17, 15) is 0 Å². The first-order chi connectivity index (χ1) is 9.70. The first-order valence-corrected chi connectivity index (χ1v) is 7.87. The number of rotatable bonds is 6. The Balaban J connectivity index is 2.10. The largest absolute Gasteiger partial charge is 0.310 e. The molecule has 3 nitrogen and oxygen atoms in total. The van der Waals surface area contributed by atoms with Crippen molar-refractivity contribution in [1.82, 2.24) is 15.3 Å². The number of aromatic nitrogens is 2. The van der Waals surface area contributed by atoms with E-state index in [0.29, 0.717) is 6.04 Å². The van der Waals surface area contributed by atoms with Crippen LogP contribution in [0.15, 0.2) is 46.7 Å². The molecule has 0 bridgehead atoms. The van der Waals surface area contributed by atoms with Gasteiger partial charge in [-0.2, -0.15) is 0 Å². The number of halogens is 1. The third kappa shape index (κ3) is 4.20. The fourth-order valence-corrected chi connectivity index (χ4v) is 2.85. The lowest BCUT2D eigenvalue weighted by Gasteiger charge is -2.15. The summed E-state index contributed by atoms with van der Waals surface area (Å²) in [6.45, 7) is 5.32. The SMILES string of the molecule is CCCNC(C)c1ccc(Sc2ccncn2)c(Cl)c1. The van der Waals surface area contributed by atoms with Crippen LogP contribution in [0.5, 0.6) is 0 Å². The first kappa shape index (κ1) is 15.3. The predicted octanol–water partition coefficient (Wildman–Crippen LogP) is 4.34. The molecule has 2 rings (SSSR count). The molecule has 2 aromatic rings. The second kappa shape index (κ2) is 7.62. The Kier molecular flexibility index (Phi) is 5.83. The normalized spacial score (nSPS) is 12.3. The lowest BCUT2D eigenvalue weighted by molar-refractivity contribution is 0.570. The maximum Gasteiger partial charge on any atom is 0.116 e. The summed E-state index contributed by atoms with van der Waals surface area (Å²) in [6, 6.07) is 8.38. The Hall–Kier alpha value is -1.10. The third-order valence-corrected chi connectivity index (χ3v) is 4.38. The minimum absolute atomic E-state index is 0.311. The van der Waals surface area contributed by atoms with Crippen LogP contribution in [-0.4, -0.2) is 16.5 Å². The van der Waals surface area contributed by atoms with Gasteiger partial charge in [-0.05, 0) is 43.7 Å². The van der Waals surface area contributed by atoms with E-state index in [1.165, 1.54) is 5.56 Å². The number of benzene rings is 1. The summed E-state index contributed by atoms with van der Waals surface area (Å²) in [5.41, 5.74) is 1.20. The molecule has 1 aromatic heterocycles. The first-order valence-electron chi connectivity index (χ1n) is 6.67. The van der Waals surface area contributed by atoms with Crippen molar-refractivity contribution in [3.63, 3.8) is 0 Å². The molecule has 1 atom stereocenters. The fraction of sp³-hybridized carbons (Fsp3) is 0.333. The van der Waals surface area contributed by atoms with Gasteiger partial charge in [-0.3, -0.25) is 0 Å². The van der Waals surface area contributed by atoms with Gasteiger partial charge in [-0.1, -0.05) is 36.4 Å². The van der Waals surface area contributed by atoms with E-state index in [0.717, 1.165) is 27.9 Å². The lowest BCUT2D eigenvalue weighted by atomic mass is 10.1. The Morgan fingerprint density at radius 1 is 1.35 bits per heavy atom. The summed E-state index contributed by atoms with van der Waals surface area (Å²) in [4.78, 5) is 9.11. The molecule has 0 aliphatic carbocycles. The van der Waals surface area contributed by atoms with Crippen molar-refractivity contribution in [3.8, 4) is 0 Å². The summed E-state index contributed by atoms with van der Waals surface area (Å²) >= 11 is 7.91. The van der Waals surface area contributed by atoms with Crippen LogP contribution in [0.25, 0.3) is 0 Å². The highest BCUT2D eigenvalue weighted by atomic mass is 35.5. The van der Waals surface area contributed by atoms with Gasteiger partial charge in [0.15, 0.2) is 0 Å². The summed E-state index contributed by atoms with van der Waals surface area (Å²) < 4.78 is 0. The van der Waals surface area contributed by atoms with E-state index >= 15 is 0 Å². The molecule has 0 aliphatic rings. The molecular formula is C15H18ClN3S. The highest BCUT2D eigenvalue weighted by Gasteiger charge is 2.09. The smallest absolute Gasteiger partial charge is 0.116 e. The topological polar surface area (TPSA) is 37.8 Å². The van der Waals surface area contributed by atoms with Gasteiger partial charge in [0.2, 0.25) is 0 Å². The molecule has 1 heterocycles. The number of nitrogens with one attached hydrogen (secondary N) is 1. The van der Waals surface area contributed by atoms with E-state index < -0.39 is 0 Å². The zero-order valence-electron chi connectivity index (χ0n) is 11.6. The molecule has 0 amide bonds. The van der Waals surface area contributed by atoms with Crippen LogP contribution in [0.3, 0.4) is 0 Å². The summed E-state index contributed by atoms with van der Waals surface area (Å²) in [7, 11) is 0. The van der Waals surface area contributed by atoms with Crippen molar-refractivity contribution in [2.24, 2.45) is 0 Å². The van der Waals surface area contributed by atoms with Gasteiger partial charge in [0.05, 0.1) is 5.02 Å². The average Bonchev–Trinajstić information content (AvgIpc) is 2.48. The van der Waals surface area contributed by atoms with E-state index in [-0.39, 0.29) is 0 Å². The molecule has 5 heteroatoms. The maximum absolute atomic E-state index is 6.37. The standard InChI is InChI=1S/C15H18ClN3S/c1-3-7-18-11(2)12-4-5-14(13(16)9-12)20-15-6-8-17-10-19-15/h4-6,8-11,18H,3,7H2,1-2H3. The zero-order valence-corrected chi connectivity index (χ0v) is 13.2. The summed E-state index contributed by atoms with van der Waals surface area (Å²) in [6.07, 6.45) is 4.40. The molecule has 1 N–H and O–H groups in total. The zero-order chi connectivity index (χ0) is 14.4. The summed E-state index contributed by atoms with van der Waals surface area (Å²) in [5.74, 6) is 0. The molecule has 106 valence electrons. The monoisotopic (exact) mass is 307 g/mol. The molecule has 0 spiro atoms. The Morgan fingerprint density at radius 3 is 2.85 bits per heavy atom. The van der Waals surface area contributed by atoms with Crippen LogP contribution in [0, 0.1) is 0 Å². The molecular weight excluding hydrogens is 290 g/mol. The molecule has 0 saturated carbocycles. The van der Waals surface area contributed by atoms with Crippen LogP contribution < -0.4 is 5.32 Å². The van der Waals surface area contributed by atoms with Gasteiger partial charge in [-0.25, -0.2) is 9.97 Å². The van der Waals surface area contributed by atoms with Gasteiger partial charge < -0.3 is 5.32 Å². The van der Waals surface area contributed by atoms with Gasteiger partial charge in [0.25, 0.3) is 0 Å². The quantitative estimate of drug-likeness (QED) is 0.806. The Morgan fingerprint density at radius 2 is 2.20 bits per heavy atom. The Labute approximate surface area is 129 Å². The average molecular weight is 308 g/mol. The highest BCUT2D eigenvalue weighted by molar-refractivity contribution is 7.99. The number of hydrogen-bond acceptors (Lipinski definition) is 4. The van der Waals surface area contributed by atoms with E-state index in [1.54, 1.807) is 24.3 Å². The predicted molar refractivity (Wildman–Crippen MR) is 84.3 cm³/mol. The fourth-order valence-electron chi connectivity index (χ4n) is 1.80. The van der Waals surface area contributed by atoms with Crippen LogP contribution in [-0.2, 0) is 0 Å². The van der Waals surface area contributed by atoms with Crippen molar-refractivity contribution < 1.29 is 0 Å². The molecule has 0 saturated heterocycles. The Bertz CT molecular complexity index is 548. The van der Waals surface area contributed by atoms with Crippen molar-refractivity contribution >= 4 is 23.4 Å². The van der Waals surface area contributed by atoms with Crippen molar-refractivity contribution in [3.05, 3.63) is 47.4 Å². The van der Waals surface area contributed by atoms with Gasteiger partial charge in [0.1, 0.15) is 11.4 Å². The molecule has 0 fully saturated rings. The minimum Gasteiger partial charge on any atom is -0.310 e. The second-order valence-corrected chi connectivity index (χ2v) is 5.98.